The van der Waals surface area contributed by atoms with Gasteiger partial charge < -0.3 is 10.2 Å². The average molecular weight is 210 g/mol. The van der Waals surface area contributed by atoms with Crippen molar-refractivity contribution in [1.29, 1.82) is 0 Å². The van der Waals surface area contributed by atoms with Gasteiger partial charge in [-0.05, 0) is 25.7 Å². The van der Waals surface area contributed by atoms with Crippen LogP contribution in [-0.2, 0) is 0 Å². The maximum atomic E-state index is 9.66. The van der Waals surface area contributed by atoms with E-state index in [-0.39, 0.29) is 11.5 Å². The molecule has 2 heteroatoms. The third-order valence-electron chi connectivity index (χ3n) is 3.11. The number of hydrogen-bond acceptors (Lipinski definition) is 2. The maximum Gasteiger partial charge on any atom is 0.0729 e. The molecule has 0 aliphatic heterocycles. The largest absolute Gasteiger partial charge is 0.389 e. The summed E-state index contributed by atoms with van der Waals surface area (Å²) in [6.07, 6.45) is 5.85. The zero-order chi connectivity index (χ0) is 11.6. The lowest BCUT2D eigenvalue weighted by molar-refractivity contribution is 0.117. The number of rotatable bonds is 2. The third-order valence-corrected chi connectivity index (χ3v) is 3.11. The fourth-order valence-corrected chi connectivity index (χ4v) is 2.43. The minimum atomic E-state index is -0.402. The maximum absolute atomic E-state index is 9.66. The van der Waals surface area contributed by atoms with Gasteiger partial charge in [0.25, 0.3) is 0 Å². The van der Waals surface area contributed by atoms with Gasteiger partial charge >= 0.3 is 0 Å². The van der Waals surface area contributed by atoms with E-state index in [2.05, 4.69) is 19.9 Å². The van der Waals surface area contributed by atoms with Crippen LogP contribution in [0.4, 0.5) is 0 Å². The lowest BCUT2D eigenvalue weighted by Gasteiger charge is -2.38. The summed E-state index contributed by atoms with van der Waals surface area (Å²) >= 11 is 0. The van der Waals surface area contributed by atoms with Crippen molar-refractivity contribution in [1.82, 2.24) is 0 Å². The molecule has 2 N–H and O–H groups in total. The fraction of sp³-hybridized carbons (Fsp3) is 0.692. The Balaban J connectivity index is 2.89. The van der Waals surface area contributed by atoms with Crippen molar-refractivity contribution in [2.24, 2.45) is 11.3 Å². The van der Waals surface area contributed by atoms with Gasteiger partial charge in [0.15, 0.2) is 0 Å². The van der Waals surface area contributed by atoms with Crippen molar-refractivity contribution < 1.29 is 10.2 Å². The molecule has 0 fully saturated rings. The molecule has 1 rings (SSSR count). The van der Waals surface area contributed by atoms with Crippen molar-refractivity contribution >= 4 is 0 Å². The summed E-state index contributed by atoms with van der Waals surface area (Å²) in [6, 6.07) is 0. The topological polar surface area (TPSA) is 40.5 Å². The summed E-state index contributed by atoms with van der Waals surface area (Å²) in [7, 11) is 0. The monoisotopic (exact) mass is 210 g/mol. The molecule has 2 nitrogen and oxygen atoms in total. The van der Waals surface area contributed by atoms with Crippen molar-refractivity contribution in [2.45, 2.75) is 46.3 Å². The SMILES string of the molecule is CC1=CC(O)CC(C)(C)C1C=CC(C)O. The highest BCUT2D eigenvalue weighted by atomic mass is 16.3. The normalized spacial score (nSPS) is 32.8. The number of hydrogen-bond donors (Lipinski definition) is 2. The van der Waals surface area contributed by atoms with Crippen LogP contribution >= 0.6 is 0 Å². The Hall–Kier alpha value is -0.600. The van der Waals surface area contributed by atoms with Gasteiger partial charge in [0, 0.05) is 5.92 Å². The molecular formula is C13H22O2. The molecular weight excluding hydrogens is 188 g/mol. The number of allylic oxidation sites excluding steroid dienone is 2. The smallest absolute Gasteiger partial charge is 0.0729 e. The van der Waals surface area contributed by atoms with Crippen LogP contribution < -0.4 is 0 Å². The molecule has 0 amide bonds. The van der Waals surface area contributed by atoms with Crippen molar-refractivity contribution in [3.63, 3.8) is 0 Å². The van der Waals surface area contributed by atoms with E-state index in [1.807, 2.05) is 19.1 Å². The van der Waals surface area contributed by atoms with Crippen LogP contribution in [0.3, 0.4) is 0 Å². The van der Waals surface area contributed by atoms with E-state index in [9.17, 15) is 10.2 Å². The Morgan fingerprint density at radius 1 is 1.53 bits per heavy atom. The summed E-state index contributed by atoms with van der Waals surface area (Å²) < 4.78 is 0. The molecule has 1 aliphatic carbocycles. The number of aliphatic hydroxyl groups is 2. The minimum Gasteiger partial charge on any atom is -0.389 e. The first-order chi connectivity index (χ1) is 6.83. The molecule has 0 saturated heterocycles. The second-order valence-corrected chi connectivity index (χ2v) is 5.27. The summed E-state index contributed by atoms with van der Waals surface area (Å²) in [4.78, 5) is 0. The molecule has 0 bridgehead atoms. The zero-order valence-electron chi connectivity index (χ0n) is 10.1. The molecule has 0 heterocycles. The van der Waals surface area contributed by atoms with Crippen LogP contribution in [0.25, 0.3) is 0 Å². The first-order valence-corrected chi connectivity index (χ1v) is 5.55. The predicted octanol–water partition coefficient (Wildman–Crippen LogP) is 2.28. The summed E-state index contributed by atoms with van der Waals surface area (Å²) in [6.45, 7) is 8.11. The summed E-state index contributed by atoms with van der Waals surface area (Å²) in [5.74, 6) is 0.315. The zero-order valence-corrected chi connectivity index (χ0v) is 10.1. The van der Waals surface area contributed by atoms with Crippen LogP contribution in [-0.4, -0.2) is 22.4 Å². The summed E-state index contributed by atoms with van der Waals surface area (Å²) in [5, 5.41) is 18.9. The van der Waals surface area contributed by atoms with E-state index >= 15 is 0 Å². The Morgan fingerprint density at radius 2 is 2.13 bits per heavy atom. The average Bonchev–Trinajstić information content (AvgIpc) is 1.98. The van der Waals surface area contributed by atoms with Gasteiger partial charge in [0.05, 0.1) is 12.2 Å². The van der Waals surface area contributed by atoms with Gasteiger partial charge in [0.2, 0.25) is 0 Å². The van der Waals surface area contributed by atoms with E-state index in [0.717, 1.165) is 6.42 Å². The first-order valence-electron chi connectivity index (χ1n) is 5.55. The molecule has 1 aliphatic rings. The lowest BCUT2D eigenvalue weighted by atomic mass is 9.68. The molecule has 0 radical (unpaired) electrons. The van der Waals surface area contributed by atoms with E-state index in [4.69, 9.17) is 0 Å². The molecule has 0 aromatic rings. The lowest BCUT2D eigenvalue weighted by Crippen LogP contribution is -2.32. The standard InChI is InChI=1S/C13H22O2/c1-9-7-11(15)8-13(3,4)12(9)6-5-10(2)14/h5-7,10-12,14-15H,8H2,1-4H3. The van der Waals surface area contributed by atoms with Crippen molar-refractivity contribution in [3.05, 3.63) is 23.8 Å². The molecule has 3 atom stereocenters. The predicted molar refractivity (Wildman–Crippen MR) is 62.5 cm³/mol. The minimum absolute atomic E-state index is 0.0592. The Bertz CT molecular complexity index is 274. The molecule has 0 aromatic heterocycles. The highest BCUT2D eigenvalue weighted by Gasteiger charge is 2.34. The second-order valence-electron chi connectivity index (χ2n) is 5.27. The van der Waals surface area contributed by atoms with Crippen LogP contribution in [0.15, 0.2) is 23.8 Å². The highest BCUT2D eigenvalue weighted by molar-refractivity contribution is 5.21. The van der Waals surface area contributed by atoms with Gasteiger partial charge in [-0.25, -0.2) is 0 Å². The van der Waals surface area contributed by atoms with Gasteiger partial charge in [-0.2, -0.15) is 0 Å². The molecule has 3 unspecified atom stereocenters. The van der Waals surface area contributed by atoms with E-state index in [0.29, 0.717) is 5.92 Å². The molecule has 0 spiro atoms. The highest BCUT2D eigenvalue weighted by Crippen LogP contribution is 2.41. The van der Waals surface area contributed by atoms with E-state index < -0.39 is 6.10 Å². The summed E-state index contributed by atoms with van der Waals surface area (Å²) in [5.41, 5.74) is 1.25. The molecule has 0 aromatic carbocycles. The molecule has 15 heavy (non-hydrogen) atoms. The molecule has 0 saturated carbocycles. The van der Waals surface area contributed by atoms with E-state index in [1.54, 1.807) is 6.92 Å². The second kappa shape index (κ2) is 4.50. The van der Waals surface area contributed by atoms with E-state index in [1.165, 1.54) is 5.57 Å². The fourth-order valence-electron chi connectivity index (χ4n) is 2.43. The van der Waals surface area contributed by atoms with Gasteiger partial charge in [0.1, 0.15) is 0 Å². The molecule has 86 valence electrons. The van der Waals surface area contributed by atoms with Gasteiger partial charge in [-0.15, -0.1) is 0 Å². The Kier molecular flexibility index (Phi) is 3.74. The van der Waals surface area contributed by atoms with Crippen molar-refractivity contribution in [2.75, 3.05) is 0 Å². The van der Waals surface area contributed by atoms with Gasteiger partial charge in [-0.1, -0.05) is 37.6 Å². The van der Waals surface area contributed by atoms with Crippen molar-refractivity contribution in [3.8, 4) is 0 Å². The quantitative estimate of drug-likeness (QED) is 0.686. The Morgan fingerprint density at radius 3 is 2.60 bits per heavy atom. The van der Waals surface area contributed by atoms with Crippen LogP contribution in [0.1, 0.15) is 34.1 Å². The third kappa shape index (κ3) is 3.18. The number of aliphatic hydroxyl groups excluding tert-OH is 2. The first kappa shape index (κ1) is 12.5. The van der Waals surface area contributed by atoms with Crippen LogP contribution in [0.2, 0.25) is 0 Å². The van der Waals surface area contributed by atoms with Crippen LogP contribution in [0.5, 0.6) is 0 Å². The Labute approximate surface area is 92.3 Å². The van der Waals surface area contributed by atoms with Crippen LogP contribution in [0, 0.1) is 11.3 Å². The van der Waals surface area contributed by atoms with Gasteiger partial charge in [-0.3, -0.25) is 0 Å².